The maximum absolute atomic E-state index is 12.9. The molecule has 4 unspecified atom stereocenters. The van der Waals surface area contributed by atoms with Crippen molar-refractivity contribution in [1.82, 2.24) is 20.9 Å². The molecule has 0 radical (unpaired) electrons. The zero-order valence-electron chi connectivity index (χ0n) is 15.9. The first kappa shape index (κ1) is 17.8. The zero-order chi connectivity index (χ0) is 19.3. The van der Waals surface area contributed by atoms with Crippen molar-refractivity contribution in [3.63, 3.8) is 0 Å². The maximum atomic E-state index is 12.9. The number of fused-ring (bicyclic) bond motifs is 2. The van der Waals surface area contributed by atoms with E-state index in [1.807, 2.05) is 12.1 Å². The SMILES string of the molecule is O=C1CCC(N2Cc3c(CNCC4CC5NCCC45)cccc3C2=O)C(=O)N1. The lowest BCUT2D eigenvalue weighted by Crippen LogP contribution is -2.52. The first-order valence-electron chi connectivity index (χ1n) is 10.3. The Morgan fingerprint density at radius 2 is 2.07 bits per heavy atom. The van der Waals surface area contributed by atoms with Crippen molar-refractivity contribution in [2.24, 2.45) is 11.8 Å². The van der Waals surface area contributed by atoms with Crippen molar-refractivity contribution in [3.8, 4) is 0 Å². The number of piperidine rings is 1. The lowest BCUT2D eigenvalue weighted by molar-refractivity contribution is -0.136. The van der Waals surface area contributed by atoms with Gasteiger partial charge in [0.1, 0.15) is 6.04 Å². The summed E-state index contributed by atoms with van der Waals surface area (Å²) >= 11 is 0. The van der Waals surface area contributed by atoms with Gasteiger partial charge in [-0.2, -0.15) is 0 Å². The Bertz CT molecular complexity index is 839. The Hall–Kier alpha value is -2.25. The number of carbonyl (C=O) groups excluding carboxylic acids is 3. The highest BCUT2D eigenvalue weighted by molar-refractivity contribution is 6.05. The van der Waals surface area contributed by atoms with Gasteiger partial charge in [-0.15, -0.1) is 0 Å². The van der Waals surface area contributed by atoms with Crippen LogP contribution < -0.4 is 16.0 Å². The molecule has 4 aliphatic rings. The molecular formula is C21H26N4O3. The van der Waals surface area contributed by atoms with Gasteiger partial charge in [0.25, 0.3) is 5.91 Å². The predicted molar refractivity (Wildman–Crippen MR) is 102 cm³/mol. The van der Waals surface area contributed by atoms with Crippen molar-refractivity contribution in [2.75, 3.05) is 13.1 Å². The van der Waals surface area contributed by atoms with Crippen LogP contribution in [0.25, 0.3) is 0 Å². The molecule has 7 heteroatoms. The number of carbonyl (C=O) groups is 3. The summed E-state index contributed by atoms with van der Waals surface area (Å²) in [5.74, 6) is 0.843. The van der Waals surface area contributed by atoms with Crippen LogP contribution >= 0.6 is 0 Å². The number of imide groups is 1. The summed E-state index contributed by atoms with van der Waals surface area (Å²) in [5.41, 5.74) is 2.83. The normalized spacial score (nSPS) is 31.4. The van der Waals surface area contributed by atoms with Gasteiger partial charge in [0, 0.05) is 31.1 Å². The Balaban J connectivity index is 1.24. The fourth-order valence-corrected chi connectivity index (χ4v) is 5.36. The molecule has 3 N–H and O–H groups in total. The van der Waals surface area contributed by atoms with Gasteiger partial charge in [0.15, 0.2) is 0 Å². The van der Waals surface area contributed by atoms with Gasteiger partial charge >= 0.3 is 0 Å². The van der Waals surface area contributed by atoms with Gasteiger partial charge in [-0.1, -0.05) is 12.1 Å². The topological polar surface area (TPSA) is 90.5 Å². The minimum Gasteiger partial charge on any atom is -0.322 e. The van der Waals surface area contributed by atoms with E-state index in [1.54, 1.807) is 4.90 Å². The highest BCUT2D eigenvalue weighted by Crippen LogP contribution is 2.40. The number of nitrogens with one attached hydrogen (secondary N) is 3. The second-order valence-electron chi connectivity index (χ2n) is 8.48. The zero-order valence-corrected chi connectivity index (χ0v) is 15.9. The molecule has 1 aromatic rings. The van der Waals surface area contributed by atoms with Crippen LogP contribution in [-0.4, -0.2) is 47.8 Å². The van der Waals surface area contributed by atoms with Gasteiger partial charge < -0.3 is 15.5 Å². The summed E-state index contributed by atoms with van der Waals surface area (Å²) in [6.45, 7) is 3.34. The summed E-state index contributed by atoms with van der Waals surface area (Å²) in [5, 5.41) is 9.50. The number of nitrogens with zero attached hydrogens (tertiary/aromatic N) is 1. The number of benzene rings is 1. The van der Waals surface area contributed by atoms with Crippen LogP contribution in [0.4, 0.5) is 0 Å². The fraction of sp³-hybridized carbons (Fsp3) is 0.571. The van der Waals surface area contributed by atoms with Crippen LogP contribution in [0.3, 0.4) is 0 Å². The lowest BCUT2D eigenvalue weighted by Gasteiger charge is -2.40. The first-order valence-corrected chi connectivity index (χ1v) is 10.3. The lowest BCUT2D eigenvalue weighted by atomic mass is 9.70. The minimum atomic E-state index is -0.555. The van der Waals surface area contributed by atoms with E-state index < -0.39 is 6.04 Å². The van der Waals surface area contributed by atoms with Crippen LogP contribution in [0, 0.1) is 11.8 Å². The van der Waals surface area contributed by atoms with Crippen molar-refractivity contribution < 1.29 is 14.4 Å². The summed E-state index contributed by atoms with van der Waals surface area (Å²) < 4.78 is 0. The largest absolute Gasteiger partial charge is 0.322 e. The summed E-state index contributed by atoms with van der Waals surface area (Å²) in [4.78, 5) is 38.1. The molecule has 3 amide bonds. The Morgan fingerprint density at radius 1 is 1.18 bits per heavy atom. The second kappa shape index (κ2) is 6.97. The molecule has 1 aliphatic carbocycles. The minimum absolute atomic E-state index is 0.106. The number of hydrogen-bond donors (Lipinski definition) is 3. The standard InChI is InChI=1S/C21H26N4O3/c26-19-5-4-18(20(27)24-19)25-11-16-12(2-1-3-15(16)21(25)28)9-22-10-13-8-17-14(13)6-7-23-17/h1-3,13-14,17-18,22-23H,4-11H2,(H,24,26,27). The van der Waals surface area contributed by atoms with Gasteiger partial charge in [-0.05, 0) is 61.4 Å². The Labute approximate surface area is 164 Å². The molecule has 28 heavy (non-hydrogen) atoms. The molecule has 3 fully saturated rings. The molecular weight excluding hydrogens is 356 g/mol. The third kappa shape index (κ3) is 2.93. The predicted octanol–water partition coefficient (Wildman–Crippen LogP) is 0.535. The van der Waals surface area contributed by atoms with E-state index in [1.165, 1.54) is 12.8 Å². The van der Waals surface area contributed by atoms with Crippen LogP contribution in [0.2, 0.25) is 0 Å². The van der Waals surface area contributed by atoms with Gasteiger partial charge in [0.05, 0.1) is 0 Å². The Morgan fingerprint density at radius 3 is 2.89 bits per heavy atom. The smallest absolute Gasteiger partial charge is 0.255 e. The molecule has 2 saturated heterocycles. The molecule has 7 nitrogen and oxygen atoms in total. The monoisotopic (exact) mass is 382 g/mol. The third-order valence-corrected chi connectivity index (χ3v) is 6.96. The molecule has 0 aromatic heterocycles. The van der Waals surface area contributed by atoms with Crippen molar-refractivity contribution in [1.29, 1.82) is 0 Å². The summed E-state index contributed by atoms with van der Waals surface area (Å²) in [6, 6.07) is 6.00. The molecule has 0 bridgehead atoms. The molecule has 3 aliphatic heterocycles. The van der Waals surface area contributed by atoms with Gasteiger partial charge in [0.2, 0.25) is 11.8 Å². The number of amides is 3. The fourth-order valence-electron chi connectivity index (χ4n) is 5.36. The van der Waals surface area contributed by atoms with Gasteiger partial charge in [-0.3, -0.25) is 19.7 Å². The van der Waals surface area contributed by atoms with E-state index in [4.69, 9.17) is 0 Å². The highest BCUT2D eigenvalue weighted by Gasteiger charge is 2.43. The average Bonchev–Trinajstić information content (AvgIpc) is 3.20. The molecule has 4 atom stereocenters. The summed E-state index contributed by atoms with van der Waals surface area (Å²) in [6.07, 6.45) is 3.22. The van der Waals surface area contributed by atoms with Crippen LogP contribution in [0.15, 0.2) is 18.2 Å². The van der Waals surface area contributed by atoms with E-state index in [9.17, 15) is 14.4 Å². The van der Waals surface area contributed by atoms with Crippen molar-refractivity contribution >= 4 is 17.7 Å². The molecule has 148 valence electrons. The van der Waals surface area contributed by atoms with Crippen LogP contribution in [-0.2, 0) is 22.7 Å². The molecule has 1 saturated carbocycles. The van der Waals surface area contributed by atoms with E-state index in [0.29, 0.717) is 18.5 Å². The van der Waals surface area contributed by atoms with Crippen molar-refractivity contribution in [3.05, 3.63) is 34.9 Å². The summed E-state index contributed by atoms with van der Waals surface area (Å²) in [7, 11) is 0. The van der Waals surface area contributed by atoms with E-state index >= 15 is 0 Å². The molecule has 0 spiro atoms. The van der Waals surface area contributed by atoms with Crippen LogP contribution in [0.1, 0.15) is 47.2 Å². The average molecular weight is 382 g/mol. The van der Waals surface area contributed by atoms with E-state index in [2.05, 4.69) is 22.0 Å². The van der Waals surface area contributed by atoms with E-state index in [0.717, 1.165) is 48.6 Å². The highest BCUT2D eigenvalue weighted by atomic mass is 16.2. The quantitative estimate of drug-likeness (QED) is 0.647. The Kier molecular flexibility index (Phi) is 4.44. The maximum Gasteiger partial charge on any atom is 0.255 e. The molecule has 3 heterocycles. The van der Waals surface area contributed by atoms with Crippen LogP contribution in [0.5, 0.6) is 0 Å². The van der Waals surface area contributed by atoms with Crippen molar-refractivity contribution in [2.45, 2.75) is 50.9 Å². The number of rotatable bonds is 5. The molecule has 1 aromatic carbocycles. The third-order valence-electron chi connectivity index (χ3n) is 6.96. The molecule has 5 rings (SSSR count). The number of hydrogen-bond acceptors (Lipinski definition) is 5. The van der Waals surface area contributed by atoms with Gasteiger partial charge in [-0.25, -0.2) is 0 Å². The second-order valence-corrected chi connectivity index (χ2v) is 8.48. The van der Waals surface area contributed by atoms with E-state index in [-0.39, 0.29) is 24.1 Å². The first-order chi connectivity index (χ1) is 13.6.